The Bertz CT molecular complexity index is 1460. The molecule has 0 aliphatic carbocycles. The number of benzene rings is 2. The summed E-state index contributed by atoms with van der Waals surface area (Å²) >= 11 is 0. The molecule has 0 aliphatic rings. The summed E-state index contributed by atoms with van der Waals surface area (Å²) in [5, 5.41) is 6.65. The van der Waals surface area contributed by atoms with Gasteiger partial charge in [0.25, 0.3) is 5.56 Å². The van der Waals surface area contributed by atoms with E-state index in [2.05, 4.69) is 10.5 Å². The lowest BCUT2D eigenvalue weighted by Crippen LogP contribution is -2.22. The molecular formula is C27H28N4O5. The Kier molecular flexibility index (Phi) is 7.10. The van der Waals surface area contributed by atoms with Crippen LogP contribution in [0, 0.1) is 20.8 Å². The van der Waals surface area contributed by atoms with Crippen molar-refractivity contribution in [1.82, 2.24) is 14.5 Å². The van der Waals surface area contributed by atoms with Crippen LogP contribution in [0.15, 0.2) is 63.9 Å². The number of hydrogen-bond acceptors (Lipinski definition) is 6. The number of amides is 1. The third-order valence-electron chi connectivity index (χ3n) is 5.97. The van der Waals surface area contributed by atoms with Crippen molar-refractivity contribution >= 4 is 17.7 Å². The van der Waals surface area contributed by atoms with Crippen LogP contribution in [0.3, 0.4) is 0 Å². The molecule has 1 amide bonds. The van der Waals surface area contributed by atoms with E-state index in [1.807, 2.05) is 50.2 Å². The lowest BCUT2D eigenvalue weighted by Gasteiger charge is -2.11. The summed E-state index contributed by atoms with van der Waals surface area (Å²) in [6.07, 6.45) is 3.02. The van der Waals surface area contributed by atoms with Crippen LogP contribution in [0.4, 0.5) is 5.69 Å². The summed E-state index contributed by atoms with van der Waals surface area (Å²) in [7, 11) is 3.32. The smallest absolute Gasteiger partial charge is 0.295 e. The highest BCUT2D eigenvalue weighted by Gasteiger charge is 2.17. The fraction of sp³-hybridized carbons (Fsp3) is 0.222. The van der Waals surface area contributed by atoms with E-state index in [-0.39, 0.29) is 11.2 Å². The van der Waals surface area contributed by atoms with E-state index < -0.39 is 5.91 Å². The van der Waals surface area contributed by atoms with Gasteiger partial charge in [-0.05, 0) is 56.7 Å². The first-order valence-electron chi connectivity index (χ1n) is 11.4. The van der Waals surface area contributed by atoms with Gasteiger partial charge in [-0.2, -0.15) is 0 Å². The van der Waals surface area contributed by atoms with Crippen LogP contribution < -0.4 is 20.3 Å². The Balaban J connectivity index is 1.48. The van der Waals surface area contributed by atoms with Crippen molar-refractivity contribution in [3.8, 4) is 17.2 Å². The Morgan fingerprint density at radius 2 is 1.86 bits per heavy atom. The molecule has 0 saturated heterocycles. The molecule has 0 aliphatic heterocycles. The molecule has 2 aromatic heterocycles. The van der Waals surface area contributed by atoms with Gasteiger partial charge in [-0.3, -0.25) is 14.3 Å². The summed E-state index contributed by atoms with van der Waals surface area (Å²) in [5.41, 5.74) is 3.70. The van der Waals surface area contributed by atoms with Crippen LogP contribution in [0.2, 0.25) is 0 Å². The van der Waals surface area contributed by atoms with Crippen molar-refractivity contribution in [2.75, 3.05) is 12.4 Å². The Morgan fingerprint density at radius 1 is 1.11 bits per heavy atom. The van der Waals surface area contributed by atoms with Crippen LogP contribution in [-0.2, 0) is 18.4 Å². The fourth-order valence-electron chi connectivity index (χ4n) is 3.81. The molecule has 2 heterocycles. The van der Waals surface area contributed by atoms with Crippen molar-refractivity contribution in [1.29, 1.82) is 0 Å². The molecule has 9 nitrogen and oxygen atoms in total. The Morgan fingerprint density at radius 3 is 2.53 bits per heavy atom. The monoisotopic (exact) mass is 488 g/mol. The predicted molar refractivity (Wildman–Crippen MR) is 137 cm³/mol. The zero-order valence-electron chi connectivity index (χ0n) is 20.9. The molecule has 9 heteroatoms. The topological polar surface area (TPSA) is 101 Å². The minimum absolute atomic E-state index is 0.233. The van der Waals surface area contributed by atoms with Gasteiger partial charge in [0.15, 0.2) is 11.5 Å². The van der Waals surface area contributed by atoms with Gasteiger partial charge < -0.3 is 19.3 Å². The molecule has 0 fully saturated rings. The molecule has 2 aromatic carbocycles. The number of rotatable bonds is 8. The maximum Gasteiger partial charge on any atom is 0.295 e. The zero-order chi connectivity index (χ0) is 25.8. The fourth-order valence-corrected chi connectivity index (χ4v) is 3.81. The number of methoxy groups -OCH3 is 1. The second-order valence-electron chi connectivity index (χ2n) is 8.26. The summed E-state index contributed by atoms with van der Waals surface area (Å²) < 4.78 is 19.8. The van der Waals surface area contributed by atoms with Crippen LogP contribution in [-0.4, -0.2) is 27.5 Å². The first kappa shape index (κ1) is 24.6. The van der Waals surface area contributed by atoms with E-state index in [0.717, 1.165) is 16.8 Å². The van der Waals surface area contributed by atoms with Crippen molar-refractivity contribution < 1.29 is 18.8 Å². The molecule has 0 atom stereocenters. The summed E-state index contributed by atoms with van der Waals surface area (Å²) in [6, 6.07) is 14.6. The van der Waals surface area contributed by atoms with E-state index >= 15 is 0 Å². The molecule has 0 radical (unpaired) electrons. The quantitative estimate of drug-likeness (QED) is 0.371. The number of anilines is 1. The van der Waals surface area contributed by atoms with Gasteiger partial charge in [-0.15, -0.1) is 0 Å². The summed E-state index contributed by atoms with van der Waals surface area (Å²) in [4.78, 5) is 25.6. The molecule has 4 rings (SSSR count). The maximum absolute atomic E-state index is 13.0. The van der Waals surface area contributed by atoms with Gasteiger partial charge in [-0.1, -0.05) is 29.4 Å². The van der Waals surface area contributed by atoms with Gasteiger partial charge in [-0.25, -0.2) is 4.68 Å². The van der Waals surface area contributed by atoms with E-state index in [1.54, 1.807) is 44.0 Å². The van der Waals surface area contributed by atoms with Gasteiger partial charge in [0, 0.05) is 13.1 Å². The number of ether oxygens (including phenoxy) is 2. The normalized spacial score (nSPS) is 11.1. The Labute approximate surface area is 208 Å². The van der Waals surface area contributed by atoms with Crippen LogP contribution in [0.5, 0.6) is 11.5 Å². The zero-order valence-corrected chi connectivity index (χ0v) is 20.9. The number of aromatic nitrogens is 3. The summed E-state index contributed by atoms with van der Waals surface area (Å²) in [5.74, 6) is 1.37. The van der Waals surface area contributed by atoms with E-state index in [0.29, 0.717) is 35.2 Å². The van der Waals surface area contributed by atoms with Gasteiger partial charge in [0.1, 0.15) is 18.1 Å². The molecule has 186 valence electrons. The number of nitrogens with one attached hydrogen (secondary N) is 1. The minimum atomic E-state index is -0.418. The van der Waals surface area contributed by atoms with Crippen LogP contribution in [0.1, 0.15) is 28.3 Å². The standard InChI is InChI=1S/C27H28N4O5/c1-17-22(19(3)36-29-17)16-35-23-13-11-20(15-24(23)34-5)12-14-25(32)28-26-18(2)30(4)31(27(26)33)21-9-7-6-8-10-21/h6-15H,16H2,1-5H3,(H,28,32). The van der Waals surface area contributed by atoms with Crippen LogP contribution >= 0.6 is 0 Å². The molecule has 0 spiro atoms. The van der Waals surface area contributed by atoms with E-state index in [4.69, 9.17) is 14.0 Å². The average molecular weight is 489 g/mol. The van der Waals surface area contributed by atoms with Gasteiger partial charge in [0.05, 0.1) is 29.7 Å². The van der Waals surface area contributed by atoms with Crippen molar-refractivity contribution in [2.45, 2.75) is 27.4 Å². The molecule has 1 N–H and O–H groups in total. The number of carbonyl (C=O) groups is 1. The second kappa shape index (κ2) is 10.4. The minimum Gasteiger partial charge on any atom is -0.493 e. The molecule has 0 unspecified atom stereocenters. The average Bonchev–Trinajstić information content (AvgIpc) is 3.31. The first-order valence-corrected chi connectivity index (χ1v) is 11.4. The predicted octanol–water partition coefficient (Wildman–Crippen LogP) is 4.33. The lowest BCUT2D eigenvalue weighted by molar-refractivity contribution is -0.111. The number of nitrogens with zero attached hydrogens (tertiary/aromatic N) is 3. The number of aryl methyl sites for hydroxylation is 2. The van der Waals surface area contributed by atoms with E-state index in [1.165, 1.54) is 10.8 Å². The number of carbonyl (C=O) groups excluding carboxylic acids is 1. The highest BCUT2D eigenvalue weighted by molar-refractivity contribution is 6.02. The van der Waals surface area contributed by atoms with Crippen molar-refractivity contribution in [3.05, 3.63) is 93.2 Å². The highest BCUT2D eigenvalue weighted by Crippen LogP contribution is 2.30. The van der Waals surface area contributed by atoms with Gasteiger partial charge >= 0.3 is 0 Å². The summed E-state index contributed by atoms with van der Waals surface area (Å²) in [6.45, 7) is 5.78. The van der Waals surface area contributed by atoms with Crippen molar-refractivity contribution in [2.24, 2.45) is 7.05 Å². The lowest BCUT2D eigenvalue weighted by atomic mass is 10.2. The SMILES string of the molecule is COc1cc(C=CC(=O)Nc2c(C)n(C)n(-c3ccccc3)c2=O)ccc1OCc1c(C)noc1C. The van der Waals surface area contributed by atoms with Gasteiger partial charge in [0.2, 0.25) is 5.91 Å². The molecule has 0 bridgehead atoms. The Hall–Kier alpha value is -4.53. The highest BCUT2D eigenvalue weighted by atomic mass is 16.5. The molecule has 4 aromatic rings. The molecule has 0 saturated carbocycles. The number of hydrogen-bond donors (Lipinski definition) is 1. The maximum atomic E-state index is 13.0. The number of para-hydroxylation sites is 1. The van der Waals surface area contributed by atoms with Crippen LogP contribution in [0.25, 0.3) is 11.8 Å². The van der Waals surface area contributed by atoms with Crippen molar-refractivity contribution in [3.63, 3.8) is 0 Å². The second-order valence-corrected chi connectivity index (χ2v) is 8.26. The third kappa shape index (κ3) is 4.95. The largest absolute Gasteiger partial charge is 0.493 e. The third-order valence-corrected chi connectivity index (χ3v) is 5.97. The van der Waals surface area contributed by atoms with E-state index in [9.17, 15) is 9.59 Å². The molecular weight excluding hydrogens is 460 g/mol. The molecule has 36 heavy (non-hydrogen) atoms. The first-order chi connectivity index (χ1) is 17.3.